The largest absolute Gasteiger partial charge is 0.313 e. The van der Waals surface area contributed by atoms with E-state index in [4.69, 9.17) is 18.0 Å². The molecule has 0 aromatic heterocycles. The first kappa shape index (κ1) is 12.1. The Hall–Kier alpha value is -0.970. The number of hydrogen-bond acceptors (Lipinski definition) is 1. The van der Waals surface area contributed by atoms with Crippen molar-refractivity contribution in [1.29, 1.82) is 0 Å². The highest BCUT2D eigenvalue weighted by molar-refractivity contribution is 6.30. The lowest BCUT2D eigenvalue weighted by Crippen LogP contribution is -2.30. The van der Waals surface area contributed by atoms with Crippen molar-refractivity contribution in [2.45, 2.75) is 25.8 Å². The molecule has 0 heterocycles. The van der Waals surface area contributed by atoms with Crippen LogP contribution in [0.15, 0.2) is 24.3 Å². The molecule has 0 saturated heterocycles. The predicted molar refractivity (Wildman–Crippen MR) is 66.1 cm³/mol. The summed E-state index contributed by atoms with van der Waals surface area (Å²) in [5.41, 5.74) is 1.23. The van der Waals surface area contributed by atoms with Crippen molar-refractivity contribution in [3.63, 3.8) is 0 Å². The number of halogens is 1. The number of hydrogen-bond donors (Lipinski definition) is 1. The summed E-state index contributed by atoms with van der Waals surface area (Å²) >= 11 is 5.92. The number of benzene rings is 1. The Morgan fingerprint density at radius 1 is 1.53 bits per heavy atom. The van der Waals surface area contributed by atoms with E-state index in [1.807, 2.05) is 18.2 Å². The molecule has 0 aliphatic heterocycles. The highest BCUT2D eigenvalue weighted by atomic mass is 35.5. The molecule has 80 valence electrons. The molecule has 1 rings (SSSR count). The minimum absolute atomic E-state index is 0.346. The molecule has 0 aliphatic rings. The maximum absolute atomic E-state index is 5.92. The molecule has 0 saturated carbocycles. The fourth-order valence-corrected chi connectivity index (χ4v) is 1.81. The Bertz CT molecular complexity index is 341. The minimum Gasteiger partial charge on any atom is -0.313 e. The van der Waals surface area contributed by atoms with Crippen LogP contribution in [0.3, 0.4) is 0 Å². The Kier molecular flexibility index (Phi) is 5.25. The quantitative estimate of drug-likeness (QED) is 0.754. The lowest BCUT2D eigenvalue weighted by Gasteiger charge is -2.15. The van der Waals surface area contributed by atoms with E-state index in [9.17, 15) is 0 Å². The summed E-state index contributed by atoms with van der Waals surface area (Å²) in [4.78, 5) is 0. The van der Waals surface area contributed by atoms with Gasteiger partial charge in [0, 0.05) is 17.5 Å². The maximum atomic E-state index is 5.92. The summed E-state index contributed by atoms with van der Waals surface area (Å²) in [6, 6.07) is 8.26. The molecule has 1 aromatic rings. The lowest BCUT2D eigenvalue weighted by atomic mass is 10.0. The van der Waals surface area contributed by atoms with Crippen LogP contribution in [0.2, 0.25) is 5.02 Å². The van der Waals surface area contributed by atoms with Crippen molar-refractivity contribution in [2.24, 2.45) is 0 Å². The smallest absolute Gasteiger partial charge is 0.0408 e. The molecule has 0 amide bonds. The predicted octanol–water partition coefficient (Wildman–Crippen LogP) is 2.88. The van der Waals surface area contributed by atoms with Gasteiger partial charge in [-0.25, -0.2) is 0 Å². The fraction of sp³-hybridized carbons (Fsp3) is 0.385. The summed E-state index contributed by atoms with van der Waals surface area (Å²) in [6.45, 7) is 3.02. The summed E-state index contributed by atoms with van der Waals surface area (Å²) in [5.74, 6) is 2.69. The number of nitrogens with one attached hydrogen (secondary N) is 1. The molecule has 0 bridgehead atoms. The van der Waals surface area contributed by atoms with Crippen molar-refractivity contribution < 1.29 is 0 Å². The van der Waals surface area contributed by atoms with E-state index in [0.29, 0.717) is 6.04 Å². The summed E-state index contributed by atoms with van der Waals surface area (Å²) in [7, 11) is 0. The third kappa shape index (κ3) is 4.38. The average molecular weight is 222 g/mol. The SMILES string of the molecule is C#CCC(Cc1cccc(Cl)c1)NCC. The summed E-state index contributed by atoms with van der Waals surface area (Å²) in [5, 5.41) is 4.15. The van der Waals surface area contributed by atoms with Gasteiger partial charge in [-0.3, -0.25) is 0 Å². The van der Waals surface area contributed by atoms with Crippen LogP contribution in [0, 0.1) is 12.3 Å². The molecular weight excluding hydrogens is 206 g/mol. The van der Waals surface area contributed by atoms with Crippen molar-refractivity contribution in [3.8, 4) is 12.3 Å². The van der Waals surface area contributed by atoms with Gasteiger partial charge in [-0.1, -0.05) is 30.7 Å². The molecule has 0 spiro atoms. The maximum Gasteiger partial charge on any atom is 0.0408 e. The monoisotopic (exact) mass is 221 g/mol. The van der Waals surface area contributed by atoms with Gasteiger partial charge < -0.3 is 5.32 Å². The van der Waals surface area contributed by atoms with Crippen molar-refractivity contribution in [1.82, 2.24) is 5.32 Å². The van der Waals surface area contributed by atoms with Crippen molar-refractivity contribution >= 4 is 11.6 Å². The van der Waals surface area contributed by atoms with Crippen LogP contribution in [0.1, 0.15) is 18.9 Å². The molecule has 1 nitrogen and oxygen atoms in total. The Balaban J connectivity index is 2.61. The molecule has 1 N–H and O–H groups in total. The van der Waals surface area contributed by atoms with Gasteiger partial charge in [0.05, 0.1) is 0 Å². The second-order valence-corrected chi connectivity index (χ2v) is 3.93. The lowest BCUT2D eigenvalue weighted by molar-refractivity contribution is 0.535. The average Bonchev–Trinajstić information content (AvgIpc) is 2.18. The zero-order chi connectivity index (χ0) is 11.1. The molecule has 0 aliphatic carbocycles. The molecule has 2 heteroatoms. The number of likely N-dealkylation sites (N-methyl/N-ethyl adjacent to an activating group) is 1. The first-order valence-electron chi connectivity index (χ1n) is 5.17. The summed E-state index contributed by atoms with van der Waals surface area (Å²) in [6.07, 6.45) is 7.01. The highest BCUT2D eigenvalue weighted by Crippen LogP contribution is 2.13. The molecule has 15 heavy (non-hydrogen) atoms. The summed E-state index contributed by atoms with van der Waals surface area (Å²) < 4.78 is 0. The van der Waals surface area contributed by atoms with E-state index < -0.39 is 0 Å². The molecule has 0 fully saturated rings. The van der Waals surface area contributed by atoms with Crippen LogP contribution in [0.4, 0.5) is 0 Å². The van der Waals surface area contributed by atoms with Gasteiger partial charge in [0.25, 0.3) is 0 Å². The first-order valence-corrected chi connectivity index (χ1v) is 5.55. The van der Waals surface area contributed by atoms with Crippen LogP contribution in [-0.4, -0.2) is 12.6 Å². The fourth-order valence-electron chi connectivity index (χ4n) is 1.60. The van der Waals surface area contributed by atoms with Gasteiger partial charge in [-0.2, -0.15) is 0 Å². The Labute approximate surface area is 96.8 Å². The van der Waals surface area contributed by atoms with E-state index in [1.165, 1.54) is 5.56 Å². The van der Waals surface area contributed by atoms with Crippen LogP contribution >= 0.6 is 11.6 Å². The van der Waals surface area contributed by atoms with Gasteiger partial charge >= 0.3 is 0 Å². The third-order valence-electron chi connectivity index (χ3n) is 2.23. The van der Waals surface area contributed by atoms with Crippen molar-refractivity contribution in [3.05, 3.63) is 34.9 Å². The van der Waals surface area contributed by atoms with Crippen LogP contribution in [0.5, 0.6) is 0 Å². The van der Waals surface area contributed by atoms with Gasteiger partial charge in [0.1, 0.15) is 0 Å². The van der Waals surface area contributed by atoms with Gasteiger partial charge in [0.2, 0.25) is 0 Å². The zero-order valence-electron chi connectivity index (χ0n) is 8.96. The topological polar surface area (TPSA) is 12.0 Å². The van der Waals surface area contributed by atoms with Crippen molar-refractivity contribution in [2.75, 3.05) is 6.54 Å². The van der Waals surface area contributed by atoms with Crippen LogP contribution in [0.25, 0.3) is 0 Å². The van der Waals surface area contributed by atoms with Gasteiger partial charge in [-0.15, -0.1) is 12.3 Å². The van der Waals surface area contributed by atoms with E-state index >= 15 is 0 Å². The van der Waals surface area contributed by atoms with E-state index in [-0.39, 0.29) is 0 Å². The van der Waals surface area contributed by atoms with Crippen LogP contribution < -0.4 is 5.32 Å². The zero-order valence-corrected chi connectivity index (χ0v) is 9.72. The number of terminal acetylenes is 1. The third-order valence-corrected chi connectivity index (χ3v) is 2.46. The van der Waals surface area contributed by atoms with E-state index in [0.717, 1.165) is 24.4 Å². The number of rotatable bonds is 5. The Morgan fingerprint density at radius 2 is 2.33 bits per heavy atom. The van der Waals surface area contributed by atoms with Gasteiger partial charge in [0.15, 0.2) is 0 Å². The molecule has 1 atom stereocenters. The molecule has 0 radical (unpaired) electrons. The Morgan fingerprint density at radius 3 is 2.93 bits per heavy atom. The second kappa shape index (κ2) is 6.50. The first-order chi connectivity index (χ1) is 7.26. The van der Waals surface area contributed by atoms with E-state index in [2.05, 4.69) is 24.2 Å². The van der Waals surface area contributed by atoms with Crippen LogP contribution in [-0.2, 0) is 6.42 Å². The minimum atomic E-state index is 0.346. The molecular formula is C13H16ClN. The normalized spacial score (nSPS) is 12.1. The molecule has 1 unspecified atom stereocenters. The molecule has 1 aromatic carbocycles. The second-order valence-electron chi connectivity index (χ2n) is 3.50. The highest BCUT2D eigenvalue weighted by Gasteiger charge is 2.06. The standard InChI is InChI=1S/C13H16ClN/c1-3-6-13(15-4-2)10-11-7-5-8-12(14)9-11/h1,5,7-9,13,15H,4,6,10H2,2H3. The van der Waals surface area contributed by atoms with Gasteiger partial charge in [-0.05, 0) is 30.7 Å². The van der Waals surface area contributed by atoms with E-state index in [1.54, 1.807) is 0 Å².